The highest BCUT2D eigenvalue weighted by Gasteiger charge is 2.11. The van der Waals surface area contributed by atoms with Gasteiger partial charge in [-0.2, -0.15) is 0 Å². The molecule has 180 valence electrons. The zero-order valence-corrected chi connectivity index (χ0v) is 21.2. The number of rotatable bonds is 12. The third-order valence-corrected chi connectivity index (χ3v) is 6.11. The van der Waals surface area contributed by atoms with Crippen molar-refractivity contribution in [3.8, 4) is 0 Å². The number of nitrogens with zero attached hydrogens (tertiary/aromatic N) is 4. The Bertz CT molecular complexity index is 1090. The number of nitrogens with one attached hydrogen (secondary N) is 1. The second-order valence-electron chi connectivity index (χ2n) is 9.13. The van der Waals surface area contributed by atoms with Gasteiger partial charge in [0, 0.05) is 37.4 Å². The summed E-state index contributed by atoms with van der Waals surface area (Å²) in [5.41, 5.74) is 6.47. The molecule has 0 fully saturated rings. The minimum Gasteiger partial charge on any atom is -0.373 e. The fraction of sp³-hybridized carbons (Fsp3) is 0.414. The summed E-state index contributed by atoms with van der Waals surface area (Å²) >= 11 is 0. The minimum absolute atomic E-state index is 0.555. The van der Waals surface area contributed by atoms with E-state index in [-0.39, 0.29) is 0 Å². The van der Waals surface area contributed by atoms with Crippen molar-refractivity contribution in [3.63, 3.8) is 0 Å². The zero-order valence-electron chi connectivity index (χ0n) is 21.2. The van der Waals surface area contributed by atoms with Gasteiger partial charge in [0.15, 0.2) is 0 Å². The van der Waals surface area contributed by atoms with Crippen molar-refractivity contribution in [1.29, 1.82) is 0 Å². The summed E-state index contributed by atoms with van der Waals surface area (Å²) in [6.45, 7) is 12.0. The Hall–Kier alpha value is -3.05. The Morgan fingerprint density at radius 3 is 2.68 bits per heavy atom. The van der Waals surface area contributed by atoms with E-state index in [0.717, 1.165) is 42.1 Å². The van der Waals surface area contributed by atoms with Gasteiger partial charge in [-0.05, 0) is 56.7 Å². The number of aromatic nitrogens is 1. The van der Waals surface area contributed by atoms with Crippen molar-refractivity contribution in [2.24, 2.45) is 9.98 Å². The molecule has 2 heterocycles. The van der Waals surface area contributed by atoms with Crippen LogP contribution in [0.4, 0.5) is 0 Å². The van der Waals surface area contributed by atoms with Crippen molar-refractivity contribution >= 4 is 23.3 Å². The number of fused-ring (bicyclic) bond motifs is 1. The second kappa shape index (κ2) is 13.0. The maximum atomic E-state index is 4.95. The highest BCUT2D eigenvalue weighted by molar-refractivity contribution is 6.02. The predicted octanol–water partition coefficient (Wildman–Crippen LogP) is 6.22. The number of aliphatic imine (C=N–C) groups is 2. The van der Waals surface area contributed by atoms with E-state index in [4.69, 9.17) is 4.98 Å². The van der Waals surface area contributed by atoms with Crippen LogP contribution in [0.2, 0.25) is 0 Å². The van der Waals surface area contributed by atoms with Gasteiger partial charge >= 0.3 is 0 Å². The van der Waals surface area contributed by atoms with E-state index < -0.39 is 0 Å². The van der Waals surface area contributed by atoms with Gasteiger partial charge in [-0.3, -0.25) is 15.0 Å². The highest BCUT2D eigenvalue weighted by atomic mass is 15.1. The number of pyridine rings is 1. The minimum atomic E-state index is 0.555. The predicted molar refractivity (Wildman–Crippen MR) is 146 cm³/mol. The van der Waals surface area contributed by atoms with Crippen LogP contribution in [-0.4, -0.2) is 41.9 Å². The zero-order chi connectivity index (χ0) is 24.3. The third kappa shape index (κ3) is 7.22. The summed E-state index contributed by atoms with van der Waals surface area (Å²) in [6, 6.07) is 11.3. The van der Waals surface area contributed by atoms with E-state index >= 15 is 0 Å². The van der Waals surface area contributed by atoms with E-state index in [0.29, 0.717) is 6.04 Å². The molecule has 1 aliphatic heterocycles. The number of hydrogen-bond acceptors (Lipinski definition) is 5. The molecule has 1 N–H and O–H groups in total. The van der Waals surface area contributed by atoms with Crippen molar-refractivity contribution in [1.82, 2.24) is 15.2 Å². The molecule has 5 nitrogen and oxygen atoms in total. The fourth-order valence-corrected chi connectivity index (χ4v) is 4.37. The maximum Gasteiger partial charge on any atom is 0.0855 e. The Morgan fingerprint density at radius 1 is 1.21 bits per heavy atom. The monoisotopic (exact) mass is 457 g/mol. The molecule has 34 heavy (non-hydrogen) atoms. The Morgan fingerprint density at radius 2 is 1.97 bits per heavy atom. The van der Waals surface area contributed by atoms with Crippen molar-refractivity contribution < 1.29 is 0 Å². The summed E-state index contributed by atoms with van der Waals surface area (Å²) in [5, 5.41) is 4.96. The van der Waals surface area contributed by atoms with E-state index in [1.165, 1.54) is 42.2 Å². The van der Waals surface area contributed by atoms with E-state index in [1.54, 1.807) is 6.20 Å². The van der Waals surface area contributed by atoms with Gasteiger partial charge in [0.1, 0.15) is 0 Å². The SMILES string of the molecule is C=N/C(=C\C=C(/C)Cc1cc(CNC(CCC)CCC)nc2ccccc12)C1=NC=CN(C)C1. The Kier molecular flexibility index (Phi) is 9.77. The second-order valence-corrected chi connectivity index (χ2v) is 9.13. The van der Waals surface area contributed by atoms with E-state index in [2.05, 4.69) is 84.1 Å². The van der Waals surface area contributed by atoms with Crippen LogP contribution in [0.15, 0.2) is 76.1 Å². The van der Waals surface area contributed by atoms with Crippen molar-refractivity contribution in [2.75, 3.05) is 13.6 Å². The first-order valence-corrected chi connectivity index (χ1v) is 12.4. The first kappa shape index (κ1) is 25.6. The average Bonchev–Trinajstić information content (AvgIpc) is 2.83. The fourth-order valence-electron chi connectivity index (χ4n) is 4.37. The molecule has 1 aromatic heterocycles. The molecule has 0 saturated heterocycles. The van der Waals surface area contributed by atoms with Gasteiger partial charge in [-0.1, -0.05) is 56.5 Å². The Labute approximate surface area is 205 Å². The van der Waals surface area contributed by atoms with Crippen LogP contribution >= 0.6 is 0 Å². The number of allylic oxidation sites excluding steroid dienone is 3. The molecule has 0 amide bonds. The molecular formula is C29H39N5. The molecule has 0 unspecified atom stereocenters. The quantitative estimate of drug-likeness (QED) is 0.304. The van der Waals surface area contributed by atoms with E-state index in [9.17, 15) is 0 Å². The molecule has 5 heteroatoms. The topological polar surface area (TPSA) is 52.9 Å². The van der Waals surface area contributed by atoms with Crippen LogP contribution in [0.3, 0.4) is 0 Å². The molecular weight excluding hydrogens is 418 g/mol. The summed E-state index contributed by atoms with van der Waals surface area (Å²) in [4.78, 5) is 15.7. The summed E-state index contributed by atoms with van der Waals surface area (Å²) in [6.07, 6.45) is 13.6. The lowest BCUT2D eigenvalue weighted by atomic mass is 10.00. The number of hydrogen-bond donors (Lipinski definition) is 1. The van der Waals surface area contributed by atoms with Crippen LogP contribution in [0, 0.1) is 0 Å². The summed E-state index contributed by atoms with van der Waals surface area (Å²) in [5.74, 6) is 0. The standard InChI is InChI=1S/C29H39N5/c1-6-10-24(11-7-2)32-20-25-19-23(26-12-8-9-13-27(26)33-25)18-22(3)14-15-28(30-4)29-21-34(5)17-16-31-29/h8-9,12-17,19,24,32H,4,6-7,10-11,18,20-21H2,1-3,5H3/b22-14+,28-15-. The Balaban J connectivity index is 1.81. The van der Waals surface area contributed by atoms with Gasteiger partial charge in [-0.15, -0.1) is 0 Å². The summed E-state index contributed by atoms with van der Waals surface area (Å²) in [7, 11) is 2.03. The maximum absolute atomic E-state index is 4.95. The third-order valence-electron chi connectivity index (χ3n) is 6.11. The first-order chi connectivity index (χ1) is 16.5. The largest absolute Gasteiger partial charge is 0.373 e. The van der Waals surface area contributed by atoms with Crippen molar-refractivity contribution in [3.05, 3.63) is 77.4 Å². The normalized spacial score (nSPS) is 14.7. The lowest BCUT2D eigenvalue weighted by molar-refractivity contribution is 0.441. The average molecular weight is 458 g/mol. The smallest absolute Gasteiger partial charge is 0.0855 e. The van der Waals surface area contributed by atoms with Gasteiger partial charge in [0.05, 0.1) is 29.2 Å². The lowest BCUT2D eigenvalue weighted by Gasteiger charge is -2.18. The van der Waals surface area contributed by atoms with Crippen LogP contribution in [-0.2, 0) is 13.0 Å². The van der Waals surface area contributed by atoms with Crippen LogP contribution < -0.4 is 5.32 Å². The highest BCUT2D eigenvalue weighted by Crippen LogP contribution is 2.22. The molecule has 2 aromatic rings. The molecule has 1 aromatic carbocycles. The van der Waals surface area contributed by atoms with E-state index in [1.807, 2.05) is 19.3 Å². The lowest BCUT2D eigenvalue weighted by Crippen LogP contribution is -2.28. The van der Waals surface area contributed by atoms with Gasteiger partial charge in [0.25, 0.3) is 0 Å². The summed E-state index contributed by atoms with van der Waals surface area (Å²) < 4.78 is 0. The molecule has 0 atom stereocenters. The molecule has 0 bridgehead atoms. The molecule has 0 aliphatic carbocycles. The molecule has 0 spiro atoms. The molecule has 3 rings (SSSR count). The van der Waals surface area contributed by atoms with Crippen LogP contribution in [0.25, 0.3) is 10.9 Å². The number of benzene rings is 1. The number of para-hydroxylation sites is 1. The molecule has 1 aliphatic rings. The first-order valence-electron chi connectivity index (χ1n) is 12.4. The van der Waals surface area contributed by atoms with Crippen LogP contribution in [0.1, 0.15) is 57.7 Å². The van der Waals surface area contributed by atoms with Gasteiger partial charge in [0.2, 0.25) is 0 Å². The molecule has 0 saturated carbocycles. The van der Waals surface area contributed by atoms with Gasteiger partial charge in [-0.25, -0.2) is 0 Å². The van der Waals surface area contributed by atoms with Crippen LogP contribution in [0.5, 0.6) is 0 Å². The van der Waals surface area contributed by atoms with Crippen molar-refractivity contribution in [2.45, 2.75) is 65.5 Å². The van der Waals surface area contributed by atoms with Gasteiger partial charge < -0.3 is 10.2 Å². The molecule has 0 radical (unpaired) electrons.